The fraction of sp³-hybridized carbons (Fsp3) is 0.0889. The Morgan fingerprint density at radius 3 is 1.71 bits per heavy atom. The number of rotatable bonds is 26. The summed E-state index contributed by atoms with van der Waals surface area (Å²) in [6, 6.07) is 62.2. The first kappa shape index (κ1) is 79.8. The van der Waals surface area contributed by atoms with Crippen molar-refractivity contribution in [1.29, 1.82) is 0 Å². The zero-order valence-electron chi connectivity index (χ0n) is 64.0. The average molecular weight is 1570 g/mol. The van der Waals surface area contributed by atoms with Gasteiger partial charge in [0.05, 0.1) is 28.3 Å². The Morgan fingerprint density at radius 2 is 1.06 bits per heavy atom. The van der Waals surface area contributed by atoms with E-state index in [-0.39, 0.29) is 41.7 Å². The third kappa shape index (κ3) is 22.1. The number of nitrogens with zero attached hydrogens (tertiary/aromatic N) is 10. The average Bonchev–Trinajstić information content (AvgIpc) is 1.63. The number of anilines is 9. The number of carbonyl (C=O) groups excluding carboxylic acids is 6. The second kappa shape index (κ2) is 38.3. The summed E-state index contributed by atoms with van der Waals surface area (Å²) in [7, 11) is 7.74. The molecule has 0 atom stereocenters. The standard InChI is InChI=1S/C32H29ClN6O2.C31H29N7O2.C27H21N7O2/c1-39(2)16-6-9-25(40)18-21-7-5-8-22(17-21)31(41)36-23-12-14-24(15-13-23)37-32-35-20-28(33)30(38-32)27-19-34-29-11-4-3-10-26(27)29;1-38(2)17-5-9-28(39)34-25-8-3-6-22(19-25)31(40)35-24-12-10-21(11-13-24)18-27-36-29(23-7-4-15-32-20-23)26-14-16-33-30(26)37-27;1-2-24(35)31-22-5-3-4-18(15-22)26(36)32-20-6-8-21(9-7-20)33-27-29-13-11-23(34-27)19-14-17-10-12-28-25(17)30-16-19/h3-15,17,19-20,34H,16,18H2,1-2H3,(H,36,41)(H,35,37,38);3-16,19-20H,17-18H2,1-2H3,(H,34,39)(H,35,40)(H,33,36,37);2-16H,1H2,(H,28,30)(H,31,35)(H,32,36)(H,29,33,34)/b9-6+;9-5+;. The number of H-pyrrole nitrogens is 3. The molecule has 7 aromatic carbocycles. The summed E-state index contributed by atoms with van der Waals surface area (Å²) in [5, 5.41) is 23.9. The number of amides is 5. The molecular formula is C90H79ClN20O6. The smallest absolute Gasteiger partial charge is 0.255 e. The summed E-state index contributed by atoms with van der Waals surface area (Å²) < 4.78 is 0. The Kier molecular flexibility index (Phi) is 26.1. The number of para-hydroxylation sites is 1. The molecule has 5 amide bonds. The van der Waals surface area contributed by atoms with Crippen molar-refractivity contribution < 1.29 is 28.8 Å². The number of aromatic nitrogens is 11. The molecule has 0 aliphatic rings. The van der Waals surface area contributed by atoms with E-state index in [9.17, 15) is 28.8 Å². The van der Waals surface area contributed by atoms with Crippen molar-refractivity contribution in [2.45, 2.75) is 12.8 Å². The first-order chi connectivity index (χ1) is 56.9. The molecule has 0 bridgehead atoms. The summed E-state index contributed by atoms with van der Waals surface area (Å²) in [4.78, 5) is 124. The van der Waals surface area contributed by atoms with Gasteiger partial charge in [-0.05, 0) is 203 Å². The number of aromatic amines is 3. The molecule has 8 heterocycles. The fourth-order valence-corrected chi connectivity index (χ4v) is 12.3. The maximum Gasteiger partial charge on any atom is 0.255 e. The molecule has 0 unspecified atom stereocenters. The Bertz CT molecular complexity index is 6140. The number of pyridine rings is 2. The fourth-order valence-electron chi connectivity index (χ4n) is 12.1. The van der Waals surface area contributed by atoms with Crippen LogP contribution in [0, 0.1) is 0 Å². The third-order valence-electron chi connectivity index (χ3n) is 17.8. The van der Waals surface area contributed by atoms with Crippen LogP contribution in [0.25, 0.3) is 66.7 Å². The van der Waals surface area contributed by atoms with Crippen LogP contribution in [0.4, 0.5) is 51.7 Å². The van der Waals surface area contributed by atoms with Crippen LogP contribution in [0.3, 0.4) is 0 Å². The summed E-state index contributed by atoms with van der Waals surface area (Å²) in [6.45, 7) is 4.78. The lowest BCUT2D eigenvalue weighted by atomic mass is 10.0. The molecule has 0 fully saturated rings. The molecule has 117 heavy (non-hydrogen) atoms. The summed E-state index contributed by atoms with van der Waals surface area (Å²) in [5.41, 5.74) is 15.1. The predicted molar refractivity (Wildman–Crippen MR) is 462 cm³/mol. The van der Waals surface area contributed by atoms with Gasteiger partial charge in [-0.15, -0.1) is 0 Å². The van der Waals surface area contributed by atoms with Gasteiger partial charge in [-0.25, -0.2) is 34.9 Å². The Labute approximate surface area is 677 Å². The normalized spacial score (nSPS) is 11.1. The van der Waals surface area contributed by atoms with Crippen LogP contribution in [0.5, 0.6) is 0 Å². The quantitative estimate of drug-likeness (QED) is 0.0225. The van der Waals surface area contributed by atoms with E-state index in [0.29, 0.717) is 93.1 Å². The molecular weight excluding hydrogens is 1490 g/mol. The number of benzene rings is 7. The van der Waals surface area contributed by atoms with Crippen LogP contribution in [-0.2, 0) is 27.2 Å². The molecule has 0 saturated heterocycles. The Hall–Kier alpha value is -15.3. The van der Waals surface area contributed by atoms with Crippen LogP contribution < -0.4 is 37.2 Å². The van der Waals surface area contributed by atoms with Crippen molar-refractivity contribution >= 4 is 132 Å². The van der Waals surface area contributed by atoms with E-state index in [4.69, 9.17) is 16.6 Å². The SMILES string of the molecule is C=CC(=O)Nc1cccc(C(=O)Nc2ccc(Nc3nccc(-c4cnc5[nH]ccc5c4)n3)cc2)c1.CN(C)C/C=C/C(=O)Cc1cccc(C(=O)Nc2ccc(Nc3ncc(Cl)c(-c4c[nH]c5ccccc45)n3)cc2)c1.CN(C)C/C=C/C(=O)Nc1cccc(C(=O)Nc2ccc(Cc3nc(-c4cccnc4)c4cc[nH]c4n3)cc2)c1. The molecule has 0 saturated carbocycles. The van der Waals surface area contributed by atoms with Crippen molar-refractivity contribution in [2.75, 3.05) is 78.5 Å². The number of halogens is 1. The number of likely N-dealkylation sites (N-methyl/N-ethyl adjacent to an activating group) is 2. The zero-order valence-corrected chi connectivity index (χ0v) is 64.7. The van der Waals surface area contributed by atoms with E-state index in [1.807, 2.05) is 178 Å². The number of ketones is 1. The summed E-state index contributed by atoms with van der Waals surface area (Å²) >= 11 is 6.45. The van der Waals surface area contributed by atoms with Crippen molar-refractivity contribution in [1.82, 2.24) is 64.6 Å². The van der Waals surface area contributed by atoms with Gasteiger partial charge in [-0.2, -0.15) is 0 Å². The molecule has 15 rings (SSSR count). The van der Waals surface area contributed by atoms with E-state index in [0.717, 1.165) is 83.5 Å². The largest absolute Gasteiger partial charge is 0.360 e. The lowest BCUT2D eigenvalue weighted by Gasteiger charge is -2.10. The minimum atomic E-state index is -0.344. The van der Waals surface area contributed by atoms with Crippen LogP contribution in [0.15, 0.2) is 293 Å². The highest BCUT2D eigenvalue weighted by molar-refractivity contribution is 6.33. The van der Waals surface area contributed by atoms with Gasteiger partial charge in [0.25, 0.3) is 17.7 Å². The monoisotopic (exact) mass is 1570 g/mol. The molecule has 0 spiro atoms. The Balaban J connectivity index is 0.000000153. The molecule has 0 aliphatic carbocycles. The van der Waals surface area contributed by atoms with Gasteiger partial charge in [0.15, 0.2) is 5.78 Å². The van der Waals surface area contributed by atoms with Crippen molar-refractivity contribution in [3.05, 3.63) is 331 Å². The molecule has 8 aromatic heterocycles. The zero-order chi connectivity index (χ0) is 81.6. The number of hydrogen-bond acceptors (Lipinski definition) is 18. The van der Waals surface area contributed by atoms with E-state index in [1.54, 1.807) is 134 Å². The molecule has 26 nitrogen and oxygen atoms in total. The maximum atomic E-state index is 12.9. The summed E-state index contributed by atoms with van der Waals surface area (Å²) in [5.74, 6) is 0.0964. The van der Waals surface area contributed by atoms with Gasteiger partial charge in [-0.1, -0.05) is 84.9 Å². The van der Waals surface area contributed by atoms with E-state index in [2.05, 4.69) is 93.6 Å². The van der Waals surface area contributed by atoms with Gasteiger partial charge < -0.3 is 62.0 Å². The number of carbonyl (C=O) groups is 6. The lowest BCUT2D eigenvalue weighted by molar-refractivity contribution is -0.114. The first-order valence-corrected chi connectivity index (χ1v) is 37.3. The topological polar surface area (TPSA) is 344 Å². The van der Waals surface area contributed by atoms with Gasteiger partial charge in [0.1, 0.15) is 17.1 Å². The highest BCUT2D eigenvalue weighted by Crippen LogP contribution is 2.34. The first-order valence-electron chi connectivity index (χ1n) is 36.9. The number of hydrogen-bond donors (Lipinski definition) is 10. The highest BCUT2D eigenvalue weighted by atomic mass is 35.5. The van der Waals surface area contributed by atoms with E-state index < -0.39 is 0 Å². The number of allylic oxidation sites excluding steroid dienone is 1. The molecule has 27 heteroatoms. The van der Waals surface area contributed by atoms with Gasteiger partial charge in [0, 0.05) is 170 Å². The predicted octanol–water partition coefficient (Wildman–Crippen LogP) is 16.6. The van der Waals surface area contributed by atoms with Gasteiger partial charge in [0.2, 0.25) is 23.7 Å². The van der Waals surface area contributed by atoms with E-state index >= 15 is 0 Å². The minimum Gasteiger partial charge on any atom is -0.360 e. The molecule has 0 radical (unpaired) electrons. The number of fused-ring (bicyclic) bond motifs is 3. The third-order valence-corrected chi connectivity index (χ3v) is 18.0. The van der Waals surface area contributed by atoms with Crippen LogP contribution in [0.2, 0.25) is 5.02 Å². The molecule has 582 valence electrons. The second-order valence-electron chi connectivity index (χ2n) is 27.2. The minimum absolute atomic E-state index is 0.00858. The molecule has 10 N–H and O–H groups in total. The van der Waals surface area contributed by atoms with E-state index in [1.165, 1.54) is 12.2 Å². The van der Waals surface area contributed by atoms with Crippen molar-refractivity contribution in [3.8, 4) is 33.8 Å². The molecule has 0 aliphatic heterocycles. The van der Waals surface area contributed by atoms with Gasteiger partial charge in [-0.3, -0.25) is 33.8 Å². The van der Waals surface area contributed by atoms with Crippen LogP contribution in [-0.4, -0.2) is 141 Å². The molecule has 15 aromatic rings. The highest BCUT2D eigenvalue weighted by Gasteiger charge is 2.18. The summed E-state index contributed by atoms with van der Waals surface area (Å²) in [6.07, 6.45) is 22.8. The maximum absolute atomic E-state index is 12.9. The lowest BCUT2D eigenvalue weighted by Crippen LogP contribution is -2.14. The van der Waals surface area contributed by atoms with Crippen molar-refractivity contribution in [2.24, 2.45) is 0 Å². The Morgan fingerprint density at radius 1 is 0.462 bits per heavy atom. The van der Waals surface area contributed by atoms with Gasteiger partial charge >= 0.3 is 0 Å². The van der Waals surface area contributed by atoms with Crippen LogP contribution in [0.1, 0.15) is 48.0 Å². The second-order valence-corrected chi connectivity index (χ2v) is 27.6. The van der Waals surface area contributed by atoms with Crippen LogP contribution >= 0.6 is 11.6 Å². The number of nitrogens with one attached hydrogen (secondary N) is 10. The van der Waals surface area contributed by atoms with Crippen molar-refractivity contribution in [3.63, 3.8) is 0 Å².